The number of rotatable bonds is 7. The van der Waals surface area contributed by atoms with Gasteiger partial charge in [-0.05, 0) is 38.1 Å². The summed E-state index contributed by atoms with van der Waals surface area (Å²) in [5.74, 6) is -1.83. The standard InChI is InChI=1S/C14H18F3N3O6S/c1-3-25-11(21)13(14(15,16)17,20-12(22)26-4-2)19-9-5-7-10(8-6-9)27(18,23)24/h5-8,19H,3-4H2,1-2H3,(H,20,22)(H2,18,23,24)/t13-/m1/s1. The van der Waals surface area contributed by atoms with Gasteiger partial charge in [0.1, 0.15) is 0 Å². The molecule has 27 heavy (non-hydrogen) atoms. The molecule has 0 saturated carbocycles. The van der Waals surface area contributed by atoms with Crippen LogP contribution in [0.5, 0.6) is 0 Å². The number of primary sulfonamides is 1. The van der Waals surface area contributed by atoms with Crippen LogP contribution in [-0.2, 0) is 24.3 Å². The maximum absolute atomic E-state index is 13.8. The molecule has 13 heteroatoms. The minimum Gasteiger partial charge on any atom is -0.463 e. The number of carbonyl (C=O) groups is 2. The zero-order chi connectivity index (χ0) is 20.9. The van der Waals surface area contributed by atoms with Crippen molar-refractivity contribution >= 4 is 27.8 Å². The molecule has 1 amide bonds. The SMILES string of the molecule is CCOC(=O)N[C@](Nc1ccc(S(N)(=O)=O)cc1)(C(=O)OCC)C(F)(F)F. The fourth-order valence-electron chi connectivity index (χ4n) is 1.89. The fourth-order valence-corrected chi connectivity index (χ4v) is 2.41. The van der Waals surface area contributed by atoms with E-state index in [1.807, 2.05) is 5.32 Å². The molecule has 0 aliphatic heterocycles. The first-order valence-electron chi connectivity index (χ1n) is 7.47. The monoisotopic (exact) mass is 413 g/mol. The molecule has 0 spiro atoms. The summed E-state index contributed by atoms with van der Waals surface area (Å²) in [6.45, 7) is 2.00. The lowest BCUT2D eigenvalue weighted by atomic mass is 10.1. The number of nitrogens with two attached hydrogens (primary N) is 1. The third-order valence-electron chi connectivity index (χ3n) is 3.09. The molecule has 0 fully saturated rings. The van der Waals surface area contributed by atoms with Crippen LogP contribution < -0.4 is 15.8 Å². The third kappa shape index (κ3) is 5.47. The van der Waals surface area contributed by atoms with E-state index >= 15 is 0 Å². The number of carbonyl (C=O) groups excluding carboxylic acids is 2. The molecule has 1 aromatic carbocycles. The van der Waals surface area contributed by atoms with E-state index in [-0.39, 0.29) is 17.2 Å². The van der Waals surface area contributed by atoms with Gasteiger partial charge >= 0.3 is 23.9 Å². The van der Waals surface area contributed by atoms with Gasteiger partial charge in [0.2, 0.25) is 10.0 Å². The molecular formula is C14H18F3N3O6S. The first-order chi connectivity index (χ1) is 12.4. The highest BCUT2D eigenvalue weighted by Crippen LogP contribution is 2.33. The summed E-state index contributed by atoms with van der Waals surface area (Å²) < 4.78 is 72.6. The number of halogens is 3. The summed E-state index contributed by atoms with van der Waals surface area (Å²) >= 11 is 0. The van der Waals surface area contributed by atoms with E-state index in [4.69, 9.17) is 5.14 Å². The number of benzene rings is 1. The Kier molecular flexibility index (Phi) is 7.03. The van der Waals surface area contributed by atoms with Crippen molar-refractivity contribution in [1.82, 2.24) is 5.32 Å². The van der Waals surface area contributed by atoms with Crippen molar-refractivity contribution in [2.75, 3.05) is 18.5 Å². The molecule has 4 N–H and O–H groups in total. The molecular weight excluding hydrogens is 395 g/mol. The Bertz CT molecular complexity index is 782. The fraction of sp³-hybridized carbons (Fsp3) is 0.429. The number of alkyl carbamates (subject to hydrolysis) is 1. The maximum Gasteiger partial charge on any atom is 0.442 e. The lowest BCUT2D eigenvalue weighted by Crippen LogP contribution is -2.69. The second kappa shape index (κ2) is 8.43. The molecule has 0 bridgehead atoms. The third-order valence-corrected chi connectivity index (χ3v) is 4.02. The van der Waals surface area contributed by atoms with Crippen LogP contribution in [0.15, 0.2) is 29.2 Å². The zero-order valence-electron chi connectivity index (χ0n) is 14.3. The van der Waals surface area contributed by atoms with Crippen LogP contribution >= 0.6 is 0 Å². The van der Waals surface area contributed by atoms with Crippen molar-refractivity contribution in [3.8, 4) is 0 Å². The Labute approximate surface area is 153 Å². The summed E-state index contributed by atoms with van der Waals surface area (Å²) in [5.41, 5.74) is -4.01. The maximum atomic E-state index is 13.8. The summed E-state index contributed by atoms with van der Waals surface area (Å²) in [7, 11) is -4.07. The van der Waals surface area contributed by atoms with Gasteiger partial charge in [-0.3, -0.25) is 5.32 Å². The van der Waals surface area contributed by atoms with Gasteiger partial charge in [-0.25, -0.2) is 23.1 Å². The van der Waals surface area contributed by atoms with Crippen LogP contribution in [0.4, 0.5) is 23.7 Å². The number of amides is 1. The van der Waals surface area contributed by atoms with E-state index in [9.17, 15) is 31.2 Å². The van der Waals surface area contributed by atoms with Gasteiger partial charge in [-0.2, -0.15) is 13.2 Å². The highest BCUT2D eigenvalue weighted by atomic mass is 32.2. The molecule has 1 aromatic rings. The van der Waals surface area contributed by atoms with Gasteiger partial charge in [0.05, 0.1) is 18.1 Å². The van der Waals surface area contributed by atoms with E-state index in [2.05, 4.69) is 9.47 Å². The Hall–Kier alpha value is -2.54. The summed E-state index contributed by atoms with van der Waals surface area (Å²) in [6, 6.07) is 3.72. The Morgan fingerprint density at radius 2 is 1.59 bits per heavy atom. The highest BCUT2D eigenvalue weighted by Gasteiger charge is 2.64. The molecule has 0 unspecified atom stereocenters. The van der Waals surface area contributed by atoms with Gasteiger partial charge in [-0.15, -0.1) is 0 Å². The molecule has 0 aromatic heterocycles. The van der Waals surface area contributed by atoms with Crippen LogP contribution in [0.1, 0.15) is 13.8 Å². The summed E-state index contributed by atoms with van der Waals surface area (Å²) in [4.78, 5) is 23.3. The van der Waals surface area contributed by atoms with E-state index in [0.717, 1.165) is 24.3 Å². The van der Waals surface area contributed by atoms with Gasteiger partial charge in [-0.1, -0.05) is 0 Å². The topological polar surface area (TPSA) is 137 Å². The first kappa shape index (κ1) is 22.5. The van der Waals surface area contributed by atoms with Gasteiger partial charge < -0.3 is 14.8 Å². The number of alkyl halides is 3. The largest absolute Gasteiger partial charge is 0.463 e. The molecule has 0 radical (unpaired) electrons. The second-order valence-electron chi connectivity index (χ2n) is 5.01. The summed E-state index contributed by atoms with van der Waals surface area (Å²) in [6.07, 6.45) is -6.86. The zero-order valence-corrected chi connectivity index (χ0v) is 15.1. The highest BCUT2D eigenvalue weighted by molar-refractivity contribution is 7.89. The van der Waals surface area contributed by atoms with Gasteiger partial charge in [0, 0.05) is 5.69 Å². The van der Waals surface area contributed by atoms with Crippen molar-refractivity contribution in [3.05, 3.63) is 24.3 Å². The van der Waals surface area contributed by atoms with E-state index in [0.29, 0.717) is 0 Å². The second-order valence-corrected chi connectivity index (χ2v) is 6.57. The van der Waals surface area contributed by atoms with Crippen LogP contribution in [0.25, 0.3) is 0 Å². The Balaban J connectivity index is 3.38. The molecule has 0 saturated heterocycles. The number of sulfonamides is 1. The minimum absolute atomic E-state index is 0.244. The van der Waals surface area contributed by atoms with Crippen LogP contribution in [-0.4, -0.2) is 45.5 Å². The average Bonchev–Trinajstić information content (AvgIpc) is 2.53. The number of esters is 1. The molecule has 0 aliphatic carbocycles. The predicted molar refractivity (Wildman–Crippen MR) is 87.0 cm³/mol. The normalized spacial score (nSPS) is 14.0. The van der Waals surface area contributed by atoms with E-state index in [1.165, 1.54) is 19.2 Å². The smallest absolute Gasteiger partial charge is 0.442 e. The van der Waals surface area contributed by atoms with Crippen LogP contribution in [0.3, 0.4) is 0 Å². The number of ether oxygens (including phenoxy) is 2. The average molecular weight is 413 g/mol. The molecule has 1 rings (SSSR count). The van der Waals surface area contributed by atoms with Crippen LogP contribution in [0, 0.1) is 0 Å². The Morgan fingerprint density at radius 1 is 1.07 bits per heavy atom. The molecule has 152 valence electrons. The predicted octanol–water partition coefficient (Wildman–Crippen LogP) is 1.31. The van der Waals surface area contributed by atoms with Crippen molar-refractivity contribution < 1.29 is 40.7 Å². The molecule has 0 heterocycles. The number of hydrogen-bond donors (Lipinski definition) is 3. The summed E-state index contributed by atoms with van der Waals surface area (Å²) in [5, 5.41) is 8.19. The number of anilines is 1. The quantitative estimate of drug-likeness (QED) is 0.453. The van der Waals surface area contributed by atoms with Gasteiger partial charge in [0.25, 0.3) is 0 Å². The number of hydrogen-bond acceptors (Lipinski definition) is 7. The van der Waals surface area contributed by atoms with Crippen molar-refractivity contribution in [3.63, 3.8) is 0 Å². The Morgan fingerprint density at radius 3 is 2.00 bits per heavy atom. The van der Waals surface area contributed by atoms with E-state index < -0.39 is 40.5 Å². The lowest BCUT2D eigenvalue weighted by Gasteiger charge is -2.34. The number of nitrogens with one attached hydrogen (secondary N) is 2. The van der Waals surface area contributed by atoms with E-state index in [1.54, 1.807) is 0 Å². The van der Waals surface area contributed by atoms with Crippen molar-refractivity contribution in [2.45, 2.75) is 30.6 Å². The van der Waals surface area contributed by atoms with Crippen LogP contribution in [0.2, 0.25) is 0 Å². The minimum atomic E-state index is -5.34. The molecule has 0 aliphatic rings. The molecule has 9 nitrogen and oxygen atoms in total. The van der Waals surface area contributed by atoms with Crippen molar-refractivity contribution in [1.29, 1.82) is 0 Å². The van der Waals surface area contributed by atoms with Crippen molar-refractivity contribution in [2.24, 2.45) is 5.14 Å². The first-order valence-corrected chi connectivity index (χ1v) is 9.02. The lowest BCUT2D eigenvalue weighted by molar-refractivity contribution is -0.205. The molecule has 1 atom stereocenters. The van der Waals surface area contributed by atoms with Gasteiger partial charge in [0.15, 0.2) is 0 Å².